The molecule has 3 aliphatic rings. The summed E-state index contributed by atoms with van der Waals surface area (Å²) in [5.41, 5.74) is 0.947. The molecule has 2 heterocycles. The van der Waals surface area contributed by atoms with Crippen LogP contribution >= 0.6 is 0 Å². The van der Waals surface area contributed by atoms with Crippen LogP contribution in [0.5, 0.6) is 0 Å². The van der Waals surface area contributed by atoms with Gasteiger partial charge in [0.25, 0.3) is 0 Å². The Hall–Kier alpha value is -2.31. The molecule has 2 aliphatic heterocycles. The van der Waals surface area contributed by atoms with Crippen molar-refractivity contribution >= 4 is 5.97 Å². The maximum atomic E-state index is 12.3. The van der Waals surface area contributed by atoms with Crippen molar-refractivity contribution in [2.24, 2.45) is 11.8 Å². The monoisotopic (exact) mass is 450 g/mol. The number of aliphatic hydroxyl groups excluding tert-OH is 5. The minimum absolute atomic E-state index is 0.113. The van der Waals surface area contributed by atoms with Crippen LogP contribution in [0.1, 0.15) is 10.4 Å². The van der Waals surface area contributed by atoms with Crippen LogP contribution in [-0.4, -0.2) is 87.8 Å². The molecule has 0 saturated carbocycles. The quantitative estimate of drug-likeness (QED) is 0.271. The highest BCUT2D eigenvalue weighted by atomic mass is 16.8. The zero-order valence-electron chi connectivity index (χ0n) is 17.0. The fraction of sp³-hybridized carbons (Fsp3) is 0.500. The van der Waals surface area contributed by atoms with E-state index in [0.29, 0.717) is 11.1 Å². The Morgan fingerprint density at radius 3 is 2.47 bits per heavy atom. The highest BCUT2D eigenvalue weighted by molar-refractivity contribution is 5.89. The number of rotatable bonds is 6. The van der Waals surface area contributed by atoms with Crippen LogP contribution in [0.15, 0.2) is 54.3 Å². The number of ether oxygens (including phenoxy) is 4. The smallest absolute Gasteiger partial charge is 0.338 e. The number of aliphatic hydroxyl groups is 5. The fourth-order valence-corrected chi connectivity index (χ4v) is 4.17. The molecule has 0 radical (unpaired) electrons. The largest absolute Gasteiger partial charge is 0.472 e. The van der Waals surface area contributed by atoms with E-state index in [1.807, 2.05) is 0 Å². The molecule has 174 valence electrons. The van der Waals surface area contributed by atoms with Crippen LogP contribution in [0.4, 0.5) is 0 Å². The molecule has 0 spiro atoms. The van der Waals surface area contributed by atoms with E-state index in [-0.39, 0.29) is 6.61 Å². The Kier molecular flexibility index (Phi) is 6.91. The summed E-state index contributed by atoms with van der Waals surface area (Å²) in [5, 5.41) is 50.0. The van der Waals surface area contributed by atoms with Gasteiger partial charge in [-0.15, -0.1) is 0 Å². The predicted octanol–water partition coefficient (Wildman–Crippen LogP) is -0.937. The molecule has 0 unspecified atom stereocenters. The molecule has 0 aromatic heterocycles. The number of hydrogen-bond donors (Lipinski definition) is 5. The van der Waals surface area contributed by atoms with Crippen molar-refractivity contribution in [1.29, 1.82) is 0 Å². The first-order chi connectivity index (χ1) is 15.4. The van der Waals surface area contributed by atoms with Gasteiger partial charge in [-0.25, -0.2) is 4.79 Å². The maximum absolute atomic E-state index is 12.3. The molecular weight excluding hydrogens is 424 g/mol. The van der Waals surface area contributed by atoms with Crippen molar-refractivity contribution in [2.75, 3.05) is 13.2 Å². The summed E-state index contributed by atoms with van der Waals surface area (Å²) >= 11 is 0. The zero-order valence-corrected chi connectivity index (χ0v) is 17.0. The Morgan fingerprint density at radius 1 is 1.00 bits per heavy atom. The summed E-state index contributed by atoms with van der Waals surface area (Å²) in [7, 11) is 0. The molecule has 10 nitrogen and oxygen atoms in total. The number of fused-ring (bicyclic) bond motifs is 1. The molecule has 1 fully saturated rings. The summed E-state index contributed by atoms with van der Waals surface area (Å²) in [5.74, 6) is -1.52. The minimum Gasteiger partial charge on any atom is -0.472 e. The highest BCUT2D eigenvalue weighted by Crippen LogP contribution is 2.41. The molecule has 4 rings (SSSR count). The van der Waals surface area contributed by atoms with Gasteiger partial charge in [-0.05, 0) is 23.8 Å². The van der Waals surface area contributed by atoms with E-state index in [9.17, 15) is 30.3 Å². The highest BCUT2D eigenvalue weighted by Gasteiger charge is 2.49. The number of carbonyl (C=O) groups is 1. The van der Waals surface area contributed by atoms with E-state index in [1.54, 1.807) is 42.5 Å². The van der Waals surface area contributed by atoms with Gasteiger partial charge in [-0.3, -0.25) is 0 Å². The van der Waals surface area contributed by atoms with Crippen LogP contribution in [0, 0.1) is 11.8 Å². The SMILES string of the molecule is O=C(OCC1=C[C@H](O)[C@@H]2C=CO[C@@H](O[C@@H]3O[C@H](CO)[C@@H](O)[C@H](O)[C@H]3O)[C@@H]12)c1ccccc1. The van der Waals surface area contributed by atoms with Crippen LogP contribution < -0.4 is 0 Å². The summed E-state index contributed by atoms with van der Waals surface area (Å²) in [4.78, 5) is 12.3. The average Bonchev–Trinajstić information content (AvgIpc) is 3.14. The average molecular weight is 450 g/mol. The molecule has 0 amide bonds. The summed E-state index contributed by atoms with van der Waals surface area (Å²) in [6, 6.07) is 8.47. The second kappa shape index (κ2) is 9.67. The lowest BCUT2D eigenvalue weighted by atomic mass is 9.88. The third-order valence-electron chi connectivity index (χ3n) is 5.92. The molecule has 1 aliphatic carbocycles. The summed E-state index contributed by atoms with van der Waals surface area (Å²) in [6.45, 7) is -0.709. The third-order valence-corrected chi connectivity index (χ3v) is 5.92. The van der Waals surface area contributed by atoms with Gasteiger partial charge in [0.1, 0.15) is 31.0 Å². The molecule has 5 N–H and O–H groups in total. The van der Waals surface area contributed by atoms with E-state index in [2.05, 4.69) is 0 Å². The van der Waals surface area contributed by atoms with E-state index >= 15 is 0 Å². The van der Waals surface area contributed by atoms with Gasteiger partial charge < -0.3 is 44.5 Å². The summed E-state index contributed by atoms with van der Waals surface area (Å²) < 4.78 is 22.1. The fourth-order valence-electron chi connectivity index (χ4n) is 4.17. The van der Waals surface area contributed by atoms with Gasteiger partial charge in [0.15, 0.2) is 6.29 Å². The Bertz CT molecular complexity index is 854. The Balaban J connectivity index is 1.46. The van der Waals surface area contributed by atoms with Crippen molar-refractivity contribution in [2.45, 2.75) is 43.1 Å². The van der Waals surface area contributed by atoms with E-state index in [0.717, 1.165) is 0 Å². The minimum atomic E-state index is -1.60. The second-order valence-corrected chi connectivity index (χ2v) is 7.94. The van der Waals surface area contributed by atoms with Gasteiger partial charge in [-0.1, -0.05) is 24.3 Å². The molecule has 32 heavy (non-hydrogen) atoms. The van der Waals surface area contributed by atoms with Gasteiger partial charge in [-0.2, -0.15) is 0 Å². The van der Waals surface area contributed by atoms with Crippen LogP contribution in [-0.2, 0) is 18.9 Å². The van der Waals surface area contributed by atoms with Crippen LogP contribution in [0.2, 0.25) is 0 Å². The number of carbonyl (C=O) groups excluding carboxylic acids is 1. The lowest BCUT2D eigenvalue weighted by molar-refractivity contribution is -0.339. The lowest BCUT2D eigenvalue weighted by Crippen LogP contribution is -2.60. The summed E-state index contributed by atoms with van der Waals surface area (Å²) in [6.07, 6.45) is -4.61. The van der Waals surface area contributed by atoms with Crippen molar-refractivity contribution in [3.8, 4) is 0 Å². The Morgan fingerprint density at radius 2 is 1.75 bits per heavy atom. The number of esters is 1. The Labute approximate surface area is 183 Å². The van der Waals surface area contributed by atoms with Gasteiger partial charge in [0.05, 0.1) is 30.5 Å². The molecule has 0 bridgehead atoms. The first-order valence-electron chi connectivity index (χ1n) is 10.3. The normalized spacial score (nSPS) is 38.5. The zero-order chi connectivity index (χ0) is 22.8. The van der Waals surface area contributed by atoms with Crippen LogP contribution in [0.3, 0.4) is 0 Å². The van der Waals surface area contributed by atoms with E-state index in [1.165, 1.54) is 6.26 Å². The standard InChI is InChI=1S/C22H26O10/c23-9-15-17(25)18(26)19(27)22(31-15)32-21-16-12(8-14(24)13(16)6-7-29-21)10-30-20(28)11-4-2-1-3-5-11/h1-8,13-19,21-27H,9-10H2/t13-,14-,15+,16-,17+,18-,19+,21-,22-/m0/s1. The topological polar surface area (TPSA) is 155 Å². The van der Waals surface area contributed by atoms with Crippen LogP contribution in [0.25, 0.3) is 0 Å². The third kappa shape index (κ3) is 4.44. The van der Waals surface area contributed by atoms with Crippen molar-refractivity contribution in [3.05, 3.63) is 59.9 Å². The molecule has 9 atom stereocenters. The number of benzene rings is 1. The van der Waals surface area contributed by atoms with Gasteiger partial charge >= 0.3 is 5.97 Å². The van der Waals surface area contributed by atoms with Crippen molar-refractivity contribution < 1.29 is 49.3 Å². The first kappa shape index (κ1) is 22.9. The van der Waals surface area contributed by atoms with Crippen molar-refractivity contribution in [3.63, 3.8) is 0 Å². The molecule has 1 aromatic rings. The molecular formula is C22H26O10. The second-order valence-electron chi connectivity index (χ2n) is 7.94. The molecule has 1 aromatic carbocycles. The van der Waals surface area contributed by atoms with E-state index in [4.69, 9.17) is 18.9 Å². The maximum Gasteiger partial charge on any atom is 0.338 e. The molecule has 1 saturated heterocycles. The van der Waals surface area contributed by atoms with Gasteiger partial charge in [0.2, 0.25) is 6.29 Å². The first-order valence-corrected chi connectivity index (χ1v) is 10.3. The van der Waals surface area contributed by atoms with E-state index < -0.39 is 67.5 Å². The lowest BCUT2D eigenvalue weighted by Gasteiger charge is -2.42. The molecule has 10 heteroatoms. The van der Waals surface area contributed by atoms with Gasteiger partial charge in [0, 0.05) is 5.92 Å². The van der Waals surface area contributed by atoms with Crippen molar-refractivity contribution in [1.82, 2.24) is 0 Å². The number of hydrogen-bond acceptors (Lipinski definition) is 10. The predicted molar refractivity (Wildman–Crippen MR) is 107 cm³/mol.